The van der Waals surface area contributed by atoms with E-state index in [1.54, 1.807) is 18.7 Å². The number of piperidine rings is 1. The molecule has 0 aromatic heterocycles. The largest absolute Gasteiger partial charge is 0.496 e. The van der Waals surface area contributed by atoms with Crippen LogP contribution in [0.4, 0.5) is 0 Å². The molecule has 0 spiro atoms. The number of carbonyl (C=O) groups excluding carboxylic acids is 1. The molecule has 0 saturated carbocycles. The Labute approximate surface area is 161 Å². The predicted molar refractivity (Wildman–Crippen MR) is 103 cm³/mol. The minimum atomic E-state index is -3.64. The minimum Gasteiger partial charge on any atom is -0.496 e. The fourth-order valence-electron chi connectivity index (χ4n) is 3.09. The van der Waals surface area contributed by atoms with Gasteiger partial charge in [-0.2, -0.15) is 4.31 Å². The molecule has 1 fully saturated rings. The number of hydrogen-bond donors (Lipinski definition) is 1. The lowest BCUT2D eigenvalue weighted by atomic mass is 10.0. The third kappa shape index (κ3) is 4.68. The predicted octanol–water partition coefficient (Wildman–Crippen LogP) is 1.71. The molecule has 1 saturated heterocycles. The van der Waals surface area contributed by atoms with E-state index < -0.39 is 10.0 Å². The third-order valence-electron chi connectivity index (χ3n) is 4.49. The number of hydrogen-bond acceptors (Lipinski definition) is 5. The van der Waals surface area contributed by atoms with Crippen molar-refractivity contribution >= 4 is 28.3 Å². The highest BCUT2D eigenvalue weighted by Crippen LogP contribution is 2.26. The van der Waals surface area contributed by atoms with Gasteiger partial charge in [-0.15, -0.1) is 12.4 Å². The zero-order valence-electron chi connectivity index (χ0n) is 15.5. The van der Waals surface area contributed by atoms with Gasteiger partial charge in [-0.1, -0.05) is 13.8 Å². The minimum absolute atomic E-state index is 0. The molecule has 1 aromatic carbocycles. The topological polar surface area (TPSA) is 92.9 Å². The Bertz CT molecular complexity index is 723. The summed E-state index contributed by atoms with van der Waals surface area (Å²) in [7, 11) is -2.18. The first-order valence-electron chi connectivity index (χ1n) is 8.58. The Kier molecular flexibility index (Phi) is 8.33. The van der Waals surface area contributed by atoms with E-state index in [1.807, 2.05) is 0 Å². The number of benzene rings is 1. The quantitative estimate of drug-likeness (QED) is 0.777. The fraction of sp³-hybridized carbons (Fsp3) is 0.588. The van der Waals surface area contributed by atoms with Crippen molar-refractivity contribution in [3.8, 4) is 5.75 Å². The summed E-state index contributed by atoms with van der Waals surface area (Å²) in [5.74, 6) is 0.117. The monoisotopic (exact) mass is 405 g/mol. The lowest BCUT2D eigenvalue weighted by Gasteiger charge is -2.31. The molecule has 26 heavy (non-hydrogen) atoms. The second-order valence-corrected chi connectivity index (χ2v) is 8.04. The first-order valence-corrected chi connectivity index (χ1v) is 10.0. The van der Waals surface area contributed by atoms with Gasteiger partial charge in [0, 0.05) is 32.2 Å². The van der Waals surface area contributed by atoms with Gasteiger partial charge in [0.1, 0.15) is 5.75 Å². The average Bonchev–Trinajstić information content (AvgIpc) is 2.61. The number of carbonyl (C=O) groups is 1. The Morgan fingerprint density at radius 1 is 1.35 bits per heavy atom. The Morgan fingerprint density at radius 3 is 2.54 bits per heavy atom. The standard InChI is InChI=1S/C17H27N3O4S.ClH/c1-4-20(5-2)25(22,23)14-8-9-16(24-3)15(11-14)17(21)19-10-6-7-13(18)12-19;/h8-9,11,13H,4-7,10,12,18H2,1-3H3;1H. The molecule has 1 unspecified atom stereocenters. The molecule has 1 amide bonds. The number of likely N-dealkylation sites (tertiary alicyclic amines) is 1. The maximum atomic E-state index is 12.9. The van der Waals surface area contributed by atoms with Gasteiger partial charge in [-0.05, 0) is 31.0 Å². The SMILES string of the molecule is CCN(CC)S(=O)(=O)c1ccc(OC)c(C(=O)N2CCCC(N)C2)c1.Cl. The summed E-state index contributed by atoms with van der Waals surface area (Å²) < 4.78 is 32.1. The molecular weight excluding hydrogens is 378 g/mol. The number of amides is 1. The van der Waals surface area contributed by atoms with E-state index in [0.717, 1.165) is 12.8 Å². The number of halogens is 1. The van der Waals surface area contributed by atoms with Gasteiger partial charge in [0.2, 0.25) is 10.0 Å². The summed E-state index contributed by atoms with van der Waals surface area (Å²) in [4.78, 5) is 14.7. The molecule has 0 aliphatic carbocycles. The molecule has 148 valence electrons. The normalized spacial score (nSPS) is 17.7. The van der Waals surface area contributed by atoms with E-state index >= 15 is 0 Å². The summed E-state index contributed by atoms with van der Waals surface area (Å²) in [5.41, 5.74) is 6.21. The van der Waals surface area contributed by atoms with Crippen molar-refractivity contribution in [2.75, 3.05) is 33.3 Å². The van der Waals surface area contributed by atoms with Gasteiger partial charge in [0.15, 0.2) is 0 Å². The van der Waals surface area contributed by atoms with Crippen molar-refractivity contribution in [3.63, 3.8) is 0 Å². The van der Waals surface area contributed by atoms with Crippen LogP contribution in [0.3, 0.4) is 0 Å². The fourth-order valence-corrected chi connectivity index (χ4v) is 4.58. The highest BCUT2D eigenvalue weighted by atomic mass is 35.5. The summed E-state index contributed by atoms with van der Waals surface area (Å²) in [5, 5.41) is 0. The second kappa shape index (κ2) is 9.55. The zero-order valence-corrected chi connectivity index (χ0v) is 17.1. The third-order valence-corrected chi connectivity index (χ3v) is 6.54. The number of rotatable bonds is 6. The molecule has 9 heteroatoms. The highest BCUT2D eigenvalue weighted by Gasteiger charge is 2.28. The number of nitrogens with two attached hydrogens (primary N) is 1. The van der Waals surface area contributed by atoms with Gasteiger partial charge >= 0.3 is 0 Å². The van der Waals surface area contributed by atoms with E-state index in [2.05, 4.69) is 0 Å². The van der Waals surface area contributed by atoms with Crippen LogP contribution in [0, 0.1) is 0 Å². The molecule has 2 rings (SSSR count). The first-order chi connectivity index (χ1) is 11.8. The van der Waals surface area contributed by atoms with E-state index in [9.17, 15) is 13.2 Å². The van der Waals surface area contributed by atoms with Crippen molar-refractivity contribution < 1.29 is 17.9 Å². The van der Waals surface area contributed by atoms with E-state index in [-0.39, 0.29) is 34.8 Å². The number of ether oxygens (including phenoxy) is 1. The number of nitrogens with zero attached hydrogens (tertiary/aromatic N) is 2. The van der Waals surface area contributed by atoms with Gasteiger partial charge in [0.25, 0.3) is 5.91 Å². The molecule has 0 radical (unpaired) electrons. The van der Waals surface area contributed by atoms with E-state index in [4.69, 9.17) is 10.5 Å². The maximum Gasteiger partial charge on any atom is 0.257 e. The van der Waals surface area contributed by atoms with Crippen LogP contribution in [0.25, 0.3) is 0 Å². The Hall–Kier alpha value is -1.35. The van der Waals surface area contributed by atoms with Gasteiger partial charge in [-0.3, -0.25) is 4.79 Å². The number of methoxy groups -OCH3 is 1. The molecule has 1 atom stereocenters. The molecule has 7 nitrogen and oxygen atoms in total. The van der Waals surface area contributed by atoms with Crippen molar-refractivity contribution in [1.82, 2.24) is 9.21 Å². The molecule has 2 N–H and O–H groups in total. The van der Waals surface area contributed by atoms with Gasteiger partial charge < -0.3 is 15.4 Å². The molecule has 0 bridgehead atoms. The molecule has 1 aromatic rings. The molecular formula is C17H28ClN3O4S. The van der Waals surface area contributed by atoms with E-state index in [0.29, 0.717) is 31.9 Å². The van der Waals surface area contributed by atoms with Crippen molar-refractivity contribution in [1.29, 1.82) is 0 Å². The van der Waals surface area contributed by atoms with Crippen LogP contribution < -0.4 is 10.5 Å². The van der Waals surface area contributed by atoms with Crippen LogP contribution in [0.5, 0.6) is 5.75 Å². The first kappa shape index (κ1) is 22.7. The molecule has 1 heterocycles. The average molecular weight is 406 g/mol. The van der Waals surface area contributed by atoms with Crippen molar-refractivity contribution in [2.45, 2.75) is 37.6 Å². The van der Waals surface area contributed by atoms with E-state index in [1.165, 1.54) is 29.6 Å². The van der Waals surface area contributed by atoms with Crippen LogP contribution in [0.15, 0.2) is 23.1 Å². The summed E-state index contributed by atoms with van der Waals surface area (Å²) >= 11 is 0. The van der Waals surface area contributed by atoms with Crippen LogP contribution in [-0.4, -0.2) is 62.9 Å². The smallest absolute Gasteiger partial charge is 0.257 e. The van der Waals surface area contributed by atoms with Crippen molar-refractivity contribution in [3.05, 3.63) is 23.8 Å². The number of sulfonamides is 1. The maximum absolute atomic E-state index is 12.9. The van der Waals surface area contributed by atoms with Gasteiger partial charge in [0.05, 0.1) is 17.6 Å². The molecule has 1 aliphatic heterocycles. The Morgan fingerprint density at radius 2 is 2.00 bits per heavy atom. The zero-order chi connectivity index (χ0) is 18.6. The summed E-state index contributed by atoms with van der Waals surface area (Å²) in [6.45, 7) is 5.39. The van der Waals surface area contributed by atoms with Crippen LogP contribution in [-0.2, 0) is 10.0 Å². The Balaban J connectivity index is 0.00000338. The van der Waals surface area contributed by atoms with Crippen molar-refractivity contribution in [2.24, 2.45) is 5.73 Å². The summed E-state index contributed by atoms with van der Waals surface area (Å²) in [6.07, 6.45) is 1.73. The van der Waals surface area contributed by atoms with Crippen LogP contribution in [0.1, 0.15) is 37.0 Å². The van der Waals surface area contributed by atoms with Gasteiger partial charge in [-0.25, -0.2) is 8.42 Å². The second-order valence-electron chi connectivity index (χ2n) is 6.10. The lowest BCUT2D eigenvalue weighted by molar-refractivity contribution is 0.0705. The molecule has 1 aliphatic rings. The lowest BCUT2D eigenvalue weighted by Crippen LogP contribution is -2.45. The summed E-state index contributed by atoms with van der Waals surface area (Å²) in [6, 6.07) is 4.37. The van der Waals surface area contributed by atoms with Crippen LogP contribution >= 0.6 is 12.4 Å². The van der Waals surface area contributed by atoms with Crippen LogP contribution in [0.2, 0.25) is 0 Å². The highest BCUT2D eigenvalue weighted by molar-refractivity contribution is 7.89.